The van der Waals surface area contributed by atoms with Crippen LogP contribution in [0.4, 0.5) is 0 Å². The Morgan fingerprint density at radius 1 is 1.24 bits per heavy atom. The summed E-state index contributed by atoms with van der Waals surface area (Å²) in [6.45, 7) is 4.71. The summed E-state index contributed by atoms with van der Waals surface area (Å²) in [6.07, 6.45) is 12.7. The van der Waals surface area contributed by atoms with Crippen LogP contribution in [0, 0.1) is 12.8 Å². The zero-order chi connectivity index (χ0) is 15.1. The summed E-state index contributed by atoms with van der Waals surface area (Å²) < 4.78 is 2.05. The van der Waals surface area contributed by atoms with Crippen LogP contribution in [0.3, 0.4) is 0 Å². The van der Waals surface area contributed by atoms with Crippen LogP contribution < -0.4 is 0 Å². The fourth-order valence-corrected chi connectivity index (χ4v) is 3.35. The smallest absolute Gasteiger partial charge is 0.0518 e. The highest BCUT2D eigenvalue weighted by Crippen LogP contribution is 2.26. The van der Waals surface area contributed by atoms with Crippen molar-refractivity contribution >= 4 is 0 Å². The lowest BCUT2D eigenvalue weighted by Crippen LogP contribution is -2.36. The molecule has 1 aliphatic rings. The summed E-state index contributed by atoms with van der Waals surface area (Å²) in [4.78, 5) is 2.53. The maximum atomic E-state index is 9.19. The Labute approximate surface area is 129 Å². The van der Waals surface area contributed by atoms with Gasteiger partial charge in [0.15, 0.2) is 0 Å². The van der Waals surface area contributed by atoms with Crippen LogP contribution in [0.1, 0.15) is 50.5 Å². The number of nitrogens with zero attached hydrogens (tertiary/aromatic N) is 3. The van der Waals surface area contributed by atoms with Crippen molar-refractivity contribution in [3.05, 3.63) is 18.0 Å². The molecule has 1 aromatic heterocycles. The molecule has 0 spiro atoms. The van der Waals surface area contributed by atoms with E-state index in [1.54, 1.807) is 0 Å². The van der Waals surface area contributed by atoms with E-state index >= 15 is 0 Å². The van der Waals surface area contributed by atoms with E-state index in [0.29, 0.717) is 12.5 Å². The number of aryl methyl sites for hydroxylation is 2. The minimum atomic E-state index is 0.378. The molecule has 120 valence electrons. The van der Waals surface area contributed by atoms with Gasteiger partial charge in [0, 0.05) is 25.4 Å². The quantitative estimate of drug-likeness (QED) is 0.749. The predicted molar refractivity (Wildman–Crippen MR) is 86.3 cm³/mol. The molecule has 0 bridgehead atoms. The highest BCUT2D eigenvalue weighted by atomic mass is 16.3. The zero-order valence-corrected chi connectivity index (χ0v) is 13.7. The van der Waals surface area contributed by atoms with Crippen molar-refractivity contribution in [2.24, 2.45) is 5.92 Å². The van der Waals surface area contributed by atoms with Crippen LogP contribution in [-0.2, 0) is 6.54 Å². The lowest BCUT2D eigenvalue weighted by atomic mass is 9.86. The van der Waals surface area contributed by atoms with Crippen LogP contribution in [0.2, 0.25) is 0 Å². The highest BCUT2D eigenvalue weighted by Gasteiger charge is 2.22. The van der Waals surface area contributed by atoms with Gasteiger partial charge in [0.05, 0.1) is 6.20 Å². The molecule has 2 rings (SSSR count). The Hall–Kier alpha value is -0.870. The third kappa shape index (κ3) is 5.44. The molecule has 0 aliphatic heterocycles. The molecule has 0 atom stereocenters. The zero-order valence-electron chi connectivity index (χ0n) is 13.7. The minimum absolute atomic E-state index is 0.378. The fraction of sp³-hybridized carbons (Fsp3) is 0.824. The molecule has 0 amide bonds. The van der Waals surface area contributed by atoms with Crippen molar-refractivity contribution in [1.82, 2.24) is 14.7 Å². The fourth-order valence-electron chi connectivity index (χ4n) is 3.35. The number of unbranched alkanes of at least 4 members (excludes halogenated alkanes) is 2. The number of hydrogen-bond acceptors (Lipinski definition) is 3. The maximum absolute atomic E-state index is 9.19. The Bertz CT molecular complexity index is 396. The second kappa shape index (κ2) is 8.54. The molecule has 4 heteroatoms. The topological polar surface area (TPSA) is 41.3 Å². The van der Waals surface area contributed by atoms with Gasteiger partial charge in [0.25, 0.3) is 0 Å². The van der Waals surface area contributed by atoms with E-state index in [-0.39, 0.29) is 0 Å². The molecule has 1 fully saturated rings. The second-order valence-electron chi connectivity index (χ2n) is 6.68. The first kappa shape index (κ1) is 16.5. The van der Waals surface area contributed by atoms with E-state index in [1.807, 2.05) is 6.20 Å². The van der Waals surface area contributed by atoms with Gasteiger partial charge in [-0.15, -0.1) is 0 Å². The number of rotatable bonds is 8. The summed E-state index contributed by atoms with van der Waals surface area (Å²) in [7, 11) is 2.26. The molecule has 1 heterocycles. The van der Waals surface area contributed by atoms with E-state index in [2.05, 4.69) is 34.8 Å². The van der Waals surface area contributed by atoms with Crippen molar-refractivity contribution in [3.63, 3.8) is 0 Å². The normalized spacial score (nSPS) is 22.9. The van der Waals surface area contributed by atoms with Gasteiger partial charge in [-0.2, -0.15) is 5.10 Å². The van der Waals surface area contributed by atoms with Crippen molar-refractivity contribution < 1.29 is 5.11 Å². The lowest BCUT2D eigenvalue weighted by Gasteiger charge is -2.34. The lowest BCUT2D eigenvalue weighted by molar-refractivity contribution is 0.126. The molecule has 0 radical (unpaired) electrons. The third-order valence-corrected chi connectivity index (χ3v) is 4.86. The first-order chi connectivity index (χ1) is 10.2. The van der Waals surface area contributed by atoms with E-state index < -0.39 is 0 Å². The summed E-state index contributed by atoms with van der Waals surface area (Å²) >= 11 is 0. The van der Waals surface area contributed by atoms with Crippen molar-refractivity contribution in [2.45, 2.75) is 64.5 Å². The molecule has 21 heavy (non-hydrogen) atoms. The van der Waals surface area contributed by atoms with Crippen LogP contribution in [-0.4, -0.2) is 46.0 Å². The summed E-state index contributed by atoms with van der Waals surface area (Å²) in [5, 5.41) is 13.5. The minimum Gasteiger partial charge on any atom is -0.396 e. The summed E-state index contributed by atoms with van der Waals surface area (Å²) in [5.74, 6) is 0.562. The van der Waals surface area contributed by atoms with E-state index in [4.69, 9.17) is 0 Å². The van der Waals surface area contributed by atoms with Crippen LogP contribution in [0.5, 0.6) is 0 Å². The van der Waals surface area contributed by atoms with Gasteiger partial charge < -0.3 is 10.0 Å². The number of aliphatic hydroxyl groups is 1. The van der Waals surface area contributed by atoms with E-state index in [9.17, 15) is 5.11 Å². The average Bonchev–Trinajstić information content (AvgIpc) is 2.92. The third-order valence-electron chi connectivity index (χ3n) is 4.86. The monoisotopic (exact) mass is 293 g/mol. The van der Waals surface area contributed by atoms with E-state index in [0.717, 1.165) is 12.6 Å². The van der Waals surface area contributed by atoms with Gasteiger partial charge in [-0.3, -0.25) is 4.68 Å². The Morgan fingerprint density at radius 3 is 2.62 bits per heavy atom. The molecule has 1 aromatic rings. The number of aromatic nitrogens is 2. The predicted octanol–water partition coefficient (Wildman–Crippen LogP) is 2.84. The molecule has 0 aromatic carbocycles. The largest absolute Gasteiger partial charge is 0.396 e. The van der Waals surface area contributed by atoms with Gasteiger partial charge in [-0.25, -0.2) is 0 Å². The number of aliphatic hydroxyl groups excluding tert-OH is 1. The van der Waals surface area contributed by atoms with E-state index in [1.165, 1.54) is 57.1 Å². The molecule has 0 unspecified atom stereocenters. The molecule has 0 saturated heterocycles. The Morgan fingerprint density at radius 2 is 2.00 bits per heavy atom. The maximum Gasteiger partial charge on any atom is 0.0518 e. The van der Waals surface area contributed by atoms with Gasteiger partial charge >= 0.3 is 0 Å². The molecule has 4 nitrogen and oxygen atoms in total. The van der Waals surface area contributed by atoms with Crippen molar-refractivity contribution in [3.8, 4) is 0 Å². The van der Waals surface area contributed by atoms with Gasteiger partial charge in [0.1, 0.15) is 0 Å². The summed E-state index contributed by atoms with van der Waals surface area (Å²) in [6, 6.07) is 0.738. The molecular formula is C17H31N3O. The van der Waals surface area contributed by atoms with Gasteiger partial charge in [-0.1, -0.05) is 6.42 Å². The van der Waals surface area contributed by atoms with Crippen molar-refractivity contribution in [1.29, 1.82) is 0 Å². The first-order valence-corrected chi connectivity index (χ1v) is 8.49. The SMILES string of the molecule is Cc1cnn(CCCCCN(C)C2CCC(CO)CC2)c1. The molecule has 1 saturated carbocycles. The Kier molecular flexibility index (Phi) is 6.71. The second-order valence-corrected chi connectivity index (χ2v) is 6.68. The van der Waals surface area contributed by atoms with Crippen LogP contribution in [0.15, 0.2) is 12.4 Å². The first-order valence-electron chi connectivity index (χ1n) is 8.49. The molecule has 1 aliphatic carbocycles. The molecule has 1 N–H and O–H groups in total. The van der Waals surface area contributed by atoms with Crippen LogP contribution >= 0.6 is 0 Å². The summed E-state index contributed by atoms with van der Waals surface area (Å²) in [5.41, 5.74) is 1.24. The van der Waals surface area contributed by atoms with Crippen LogP contribution in [0.25, 0.3) is 0 Å². The standard InChI is InChI=1S/C17H31N3O/c1-15-12-18-20(13-15)11-5-3-4-10-19(2)17-8-6-16(14-21)7-9-17/h12-13,16-17,21H,3-11,14H2,1-2H3. The highest BCUT2D eigenvalue weighted by molar-refractivity contribution is 4.99. The average molecular weight is 293 g/mol. The van der Waals surface area contributed by atoms with Gasteiger partial charge in [0.2, 0.25) is 0 Å². The number of hydrogen-bond donors (Lipinski definition) is 1. The molecular weight excluding hydrogens is 262 g/mol. The van der Waals surface area contributed by atoms with Crippen molar-refractivity contribution in [2.75, 3.05) is 20.2 Å². The van der Waals surface area contributed by atoms with Gasteiger partial charge in [-0.05, 0) is 70.5 Å². The Balaban J connectivity index is 1.54.